The van der Waals surface area contributed by atoms with Crippen LogP contribution in [0.2, 0.25) is 0 Å². The number of allylic oxidation sites excluding steroid dienone is 4. The molecule has 0 fully saturated rings. The lowest BCUT2D eigenvalue weighted by molar-refractivity contribution is -0.118. The van der Waals surface area contributed by atoms with Crippen molar-refractivity contribution < 1.29 is 13.9 Å². The highest BCUT2D eigenvalue weighted by Crippen LogP contribution is 2.32. The van der Waals surface area contributed by atoms with Crippen LogP contribution >= 0.6 is 0 Å². The van der Waals surface area contributed by atoms with Gasteiger partial charge in [0, 0.05) is 23.5 Å². The van der Waals surface area contributed by atoms with E-state index in [0.29, 0.717) is 17.6 Å². The van der Waals surface area contributed by atoms with Crippen molar-refractivity contribution in [1.82, 2.24) is 4.98 Å². The standard InChI is InChI=1S/C21H19FNO2/c1-14-17(6-3-15-4-7-18(25-2)8-5-15)13-19(20(22)21(14)24)16-9-11-23-12-10-16/h4-5,7-13,20H,1,3,6H2,2H3. The maximum absolute atomic E-state index is 14.5. The van der Waals surface area contributed by atoms with Gasteiger partial charge in [-0.1, -0.05) is 18.2 Å². The van der Waals surface area contributed by atoms with E-state index in [1.54, 1.807) is 37.7 Å². The molecule has 0 saturated carbocycles. The zero-order valence-corrected chi connectivity index (χ0v) is 14.0. The number of hydrogen-bond acceptors (Lipinski definition) is 3. The molecule has 1 aromatic carbocycles. The first-order chi connectivity index (χ1) is 12.1. The van der Waals surface area contributed by atoms with Crippen LogP contribution in [0.25, 0.3) is 5.57 Å². The van der Waals surface area contributed by atoms with Crippen molar-refractivity contribution in [2.24, 2.45) is 0 Å². The number of halogens is 1. The molecule has 1 radical (unpaired) electrons. The minimum atomic E-state index is -1.67. The molecule has 25 heavy (non-hydrogen) atoms. The number of carbonyl (C=O) groups is 1. The molecule has 0 amide bonds. The number of nitrogens with zero attached hydrogens (tertiary/aromatic N) is 1. The van der Waals surface area contributed by atoms with E-state index in [9.17, 15) is 9.18 Å². The predicted octanol–water partition coefficient (Wildman–Crippen LogP) is 4.16. The first-order valence-corrected chi connectivity index (χ1v) is 8.08. The zero-order valence-electron chi connectivity index (χ0n) is 14.0. The van der Waals surface area contributed by atoms with Gasteiger partial charge in [-0.15, -0.1) is 0 Å². The molecule has 0 N–H and O–H groups in total. The maximum atomic E-state index is 14.5. The van der Waals surface area contributed by atoms with Crippen molar-refractivity contribution >= 4 is 11.4 Å². The molecule has 0 aliphatic heterocycles. The minimum Gasteiger partial charge on any atom is -0.497 e. The normalized spacial score (nSPS) is 17.5. The molecule has 4 heteroatoms. The van der Waals surface area contributed by atoms with Gasteiger partial charge in [0.2, 0.25) is 0 Å². The Kier molecular flexibility index (Phi) is 5.08. The molecule has 2 aromatic rings. The molecule has 1 aliphatic carbocycles. The quantitative estimate of drug-likeness (QED) is 0.823. The van der Waals surface area contributed by atoms with E-state index in [-0.39, 0.29) is 5.57 Å². The highest BCUT2D eigenvalue weighted by Gasteiger charge is 2.30. The van der Waals surface area contributed by atoms with Gasteiger partial charge in [0.25, 0.3) is 0 Å². The average molecular weight is 336 g/mol. The number of rotatable bonds is 5. The molecule has 1 aromatic heterocycles. The second-order valence-electron chi connectivity index (χ2n) is 5.91. The third kappa shape index (κ3) is 3.68. The number of aryl methyl sites for hydroxylation is 1. The van der Waals surface area contributed by atoms with Crippen molar-refractivity contribution in [3.63, 3.8) is 0 Å². The minimum absolute atomic E-state index is 0.263. The smallest absolute Gasteiger partial charge is 0.197 e. The molecule has 3 nitrogen and oxygen atoms in total. The number of carbonyl (C=O) groups excluding carboxylic acids is 1. The number of Topliss-reactive ketones (excluding diaryl/α,β-unsaturated/α-hetero) is 1. The summed E-state index contributed by atoms with van der Waals surface area (Å²) in [4.78, 5) is 16.2. The summed E-state index contributed by atoms with van der Waals surface area (Å²) < 4.78 is 19.6. The van der Waals surface area contributed by atoms with E-state index in [1.807, 2.05) is 24.3 Å². The van der Waals surface area contributed by atoms with Crippen molar-refractivity contribution in [3.8, 4) is 5.75 Å². The Hall–Kier alpha value is -2.75. The van der Waals surface area contributed by atoms with Crippen molar-refractivity contribution in [1.29, 1.82) is 0 Å². The molecule has 1 atom stereocenters. The van der Waals surface area contributed by atoms with Gasteiger partial charge in [0.1, 0.15) is 5.75 Å². The van der Waals surface area contributed by atoms with E-state index in [0.717, 1.165) is 23.3 Å². The second kappa shape index (κ2) is 7.43. The zero-order chi connectivity index (χ0) is 17.8. The lowest BCUT2D eigenvalue weighted by atomic mass is 9.85. The SMILES string of the molecule is [CH2]C1=C(CCc2ccc(OC)cc2)C=C(c2ccncc2)C(F)C1=O. The second-order valence-corrected chi connectivity index (χ2v) is 5.91. The highest BCUT2D eigenvalue weighted by atomic mass is 19.1. The fraction of sp³-hybridized carbons (Fsp3) is 0.190. The van der Waals surface area contributed by atoms with E-state index >= 15 is 0 Å². The van der Waals surface area contributed by atoms with Gasteiger partial charge >= 0.3 is 0 Å². The number of methoxy groups -OCH3 is 1. The summed E-state index contributed by atoms with van der Waals surface area (Å²) in [7, 11) is 1.63. The Balaban J connectivity index is 1.83. The molecule has 1 unspecified atom stereocenters. The topological polar surface area (TPSA) is 39.2 Å². The Morgan fingerprint density at radius 2 is 1.80 bits per heavy atom. The first kappa shape index (κ1) is 17.1. The van der Waals surface area contributed by atoms with E-state index < -0.39 is 12.0 Å². The molecule has 127 valence electrons. The molecule has 1 aliphatic rings. The van der Waals surface area contributed by atoms with Gasteiger partial charge < -0.3 is 4.74 Å². The van der Waals surface area contributed by atoms with Gasteiger partial charge in [-0.05, 0) is 60.7 Å². The third-order valence-electron chi connectivity index (χ3n) is 4.37. The Bertz CT molecular complexity index is 823. The molecule has 0 bridgehead atoms. The number of benzene rings is 1. The lowest BCUT2D eigenvalue weighted by Crippen LogP contribution is -2.23. The fourth-order valence-corrected chi connectivity index (χ4v) is 2.87. The van der Waals surface area contributed by atoms with Gasteiger partial charge in [-0.2, -0.15) is 0 Å². The van der Waals surface area contributed by atoms with Crippen LogP contribution in [0, 0.1) is 6.92 Å². The summed E-state index contributed by atoms with van der Waals surface area (Å²) in [6.07, 6.45) is 4.63. The molecule has 1 heterocycles. The van der Waals surface area contributed by atoms with E-state index in [1.165, 1.54) is 0 Å². The van der Waals surface area contributed by atoms with Gasteiger partial charge in [0.05, 0.1) is 7.11 Å². The van der Waals surface area contributed by atoms with Crippen molar-refractivity contribution in [2.45, 2.75) is 19.0 Å². The Morgan fingerprint density at radius 1 is 1.12 bits per heavy atom. The summed E-state index contributed by atoms with van der Waals surface area (Å²) in [6, 6.07) is 11.2. The van der Waals surface area contributed by atoms with E-state index in [4.69, 9.17) is 4.74 Å². The number of aromatic nitrogens is 1. The number of alkyl halides is 1. The summed E-state index contributed by atoms with van der Waals surface area (Å²) in [5.74, 6) is 0.243. The Morgan fingerprint density at radius 3 is 2.44 bits per heavy atom. The van der Waals surface area contributed by atoms with Crippen LogP contribution in [0.15, 0.2) is 66.0 Å². The fourth-order valence-electron chi connectivity index (χ4n) is 2.87. The van der Waals surface area contributed by atoms with E-state index in [2.05, 4.69) is 11.9 Å². The van der Waals surface area contributed by atoms with Crippen LogP contribution in [0.3, 0.4) is 0 Å². The van der Waals surface area contributed by atoms with Gasteiger partial charge in [-0.3, -0.25) is 9.78 Å². The van der Waals surface area contributed by atoms with Crippen LogP contribution in [0.5, 0.6) is 5.75 Å². The summed E-state index contributed by atoms with van der Waals surface area (Å²) in [5, 5.41) is 0. The summed E-state index contributed by atoms with van der Waals surface area (Å²) in [5.41, 5.74) is 3.21. The number of pyridine rings is 1. The third-order valence-corrected chi connectivity index (χ3v) is 4.37. The molecular formula is C21H19FNO2. The maximum Gasteiger partial charge on any atom is 0.197 e. The summed E-state index contributed by atoms with van der Waals surface area (Å²) in [6.45, 7) is 3.79. The summed E-state index contributed by atoms with van der Waals surface area (Å²) >= 11 is 0. The van der Waals surface area contributed by atoms with Crippen LogP contribution in [0.4, 0.5) is 4.39 Å². The predicted molar refractivity (Wildman–Crippen MR) is 95.8 cm³/mol. The van der Waals surface area contributed by atoms with Crippen molar-refractivity contribution in [3.05, 3.63) is 84.1 Å². The van der Waals surface area contributed by atoms with Gasteiger partial charge in [-0.25, -0.2) is 4.39 Å². The van der Waals surface area contributed by atoms with Crippen molar-refractivity contribution in [2.75, 3.05) is 7.11 Å². The number of ether oxygens (including phenoxy) is 1. The van der Waals surface area contributed by atoms with Crippen LogP contribution in [0.1, 0.15) is 17.5 Å². The van der Waals surface area contributed by atoms with Gasteiger partial charge in [0.15, 0.2) is 12.0 Å². The molecular weight excluding hydrogens is 317 g/mol. The molecule has 0 saturated heterocycles. The van der Waals surface area contributed by atoms with Crippen LogP contribution < -0.4 is 4.74 Å². The molecule has 0 spiro atoms. The number of hydrogen-bond donors (Lipinski definition) is 0. The van der Waals surface area contributed by atoms with Crippen LogP contribution in [-0.2, 0) is 11.2 Å². The number of ketones is 1. The first-order valence-electron chi connectivity index (χ1n) is 8.08. The Labute approximate surface area is 146 Å². The van der Waals surface area contributed by atoms with Crippen LogP contribution in [-0.4, -0.2) is 24.0 Å². The molecule has 3 rings (SSSR count). The largest absolute Gasteiger partial charge is 0.497 e. The highest BCUT2D eigenvalue weighted by molar-refractivity contribution is 6.10. The average Bonchev–Trinajstić information content (AvgIpc) is 2.67. The lowest BCUT2D eigenvalue weighted by Gasteiger charge is -2.21. The monoisotopic (exact) mass is 336 g/mol.